The van der Waals surface area contributed by atoms with Crippen LogP contribution in [0.2, 0.25) is 0 Å². The molecule has 84 valence electrons. The van der Waals surface area contributed by atoms with Gasteiger partial charge in [-0.15, -0.1) is 0 Å². The van der Waals surface area contributed by atoms with Gasteiger partial charge in [-0.25, -0.2) is 0 Å². The lowest BCUT2D eigenvalue weighted by Crippen LogP contribution is -2.33. The summed E-state index contributed by atoms with van der Waals surface area (Å²) in [6.45, 7) is 4.23. The molecule has 1 aromatic rings. The van der Waals surface area contributed by atoms with Crippen molar-refractivity contribution in [3.8, 4) is 5.19 Å². The number of halogens is 1. The van der Waals surface area contributed by atoms with Gasteiger partial charge in [0.1, 0.15) is 11.2 Å². The zero-order valence-corrected chi connectivity index (χ0v) is 11.0. The second-order valence-electron chi connectivity index (χ2n) is 3.69. The molecule has 0 N–H and O–H groups in total. The van der Waals surface area contributed by atoms with Gasteiger partial charge in [0.25, 0.3) is 5.19 Å². The van der Waals surface area contributed by atoms with Gasteiger partial charge in [-0.1, -0.05) is 17.8 Å². The fourth-order valence-corrected chi connectivity index (χ4v) is 2.86. The molecule has 0 bridgehead atoms. The van der Waals surface area contributed by atoms with Crippen LogP contribution in [0.15, 0.2) is 9.98 Å². The lowest BCUT2D eigenvalue weighted by Gasteiger charge is -2.25. The summed E-state index contributed by atoms with van der Waals surface area (Å²) < 4.78 is 6.43. The quantitative estimate of drug-likeness (QED) is 0.853. The third-order valence-corrected chi connectivity index (χ3v) is 4.00. The molecule has 0 atom stereocenters. The van der Waals surface area contributed by atoms with Crippen molar-refractivity contribution >= 4 is 27.3 Å². The van der Waals surface area contributed by atoms with Crippen molar-refractivity contribution in [2.75, 3.05) is 26.2 Å². The maximum absolute atomic E-state index is 5.57. The Morgan fingerprint density at radius 1 is 1.40 bits per heavy atom. The molecule has 3 nitrogen and oxygen atoms in total. The number of aromatic nitrogens is 1. The zero-order valence-electron chi connectivity index (χ0n) is 8.62. The van der Waals surface area contributed by atoms with Crippen molar-refractivity contribution in [2.24, 2.45) is 0 Å². The number of hydrogen-bond donors (Lipinski definition) is 0. The molecule has 0 radical (unpaired) electrons. The fourth-order valence-electron chi connectivity index (χ4n) is 1.75. The van der Waals surface area contributed by atoms with E-state index in [4.69, 9.17) is 4.74 Å². The maximum atomic E-state index is 5.57. The highest BCUT2D eigenvalue weighted by atomic mass is 79.9. The first-order chi connectivity index (χ1) is 7.34. The smallest absolute Gasteiger partial charge is 0.274 e. The second kappa shape index (κ2) is 5.82. The number of hydrogen-bond acceptors (Lipinski definition) is 4. The molecule has 5 heteroatoms. The zero-order chi connectivity index (χ0) is 10.5. The lowest BCUT2D eigenvalue weighted by atomic mass is 10.1. The topological polar surface area (TPSA) is 25.4 Å². The predicted molar refractivity (Wildman–Crippen MR) is 65.6 cm³/mol. The fraction of sp³-hybridized carbons (Fsp3) is 0.700. The van der Waals surface area contributed by atoms with Gasteiger partial charge in [0.15, 0.2) is 0 Å². The van der Waals surface area contributed by atoms with E-state index in [1.807, 2.05) is 5.38 Å². The first kappa shape index (κ1) is 11.4. The van der Waals surface area contributed by atoms with Crippen LogP contribution in [0, 0.1) is 0 Å². The number of piperidine rings is 1. The highest BCUT2D eigenvalue weighted by Crippen LogP contribution is 2.21. The van der Waals surface area contributed by atoms with Crippen LogP contribution in [0.3, 0.4) is 0 Å². The van der Waals surface area contributed by atoms with Crippen molar-refractivity contribution in [3.05, 3.63) is 9.98 Å². The first-order valence-electron chi connectivity index (χ1n) is 5.31. The largest absolute Gasteiger partial charge is 0.469 e. The van der Waals surface area contributed by atoms with Crippen molar-refractivity contribution in [1.82, 2.24) is 9.88 Å². The van der Waals surface area contributed by atoms with E-state index >= 15 is 0 Å². The SMILES string of the molecule is Brc1csc(OCCN2CCCCC2)n1. The number of nitrogens with zero attached hydrogens (tertiary/aromatic N) is 2. The molecule has 1 aliphatic heterocycles. The van der Waals surface area contributed by atoms with Crippen LogP contribution in [-0.4, -0.2) is 36.1 Å². The summed E-state index contributed by atoms with van der Waals surface area (Å²) in [4.78, 5) is 6.65. The van der Waals surface area contributed by atoms with Crippen LogP contribution < -0.4 is 4.74 Å². The van der Waals surface area contributed by atoms with Gasteiger partial charge in [-0.2, -0.15) is 4.98 Å². The third kappa shape index (κ3) is 3.74. The summed E-state index contributed by atoms with van der Waals surface area (Å²) in [6, 6.07) is 0. The second-order valence-corrected chi connectivity index (χ2v) is 5.32. The molecule has 2 rings (SSSR count). The molecule has 0 aromatic carbocycles. The van der Waals surface area contributed by atoms with E-state index in [-0.39, 0.29) is 0 Å². The molecule has 1 aromatic heterocycles. The molecule has 0 aliphatic carbocycles. The van der Waals surface area contributed by atoms with Crippen LogP contribution in [0.1, 0.15) is 19.3 Å². The number of thiazole rings is 1. The molecule has 0 unspecified atom stereocenters. The summed E-state index contributed by atoms with van der Waals surface area (Å²) in [5.41, 5.74) is 0. The molecule has 1 saturated heterocycles. The predicted octanol–water partition coefficient (Wildman–Crippen LogP) is 2.77. The Morgan fingerprint density at radius 2 is 2.20 bits per heavy atom. The Morgan fingerprint density at radius 3 is 2.87 bits per heavy atom. The summed E-state index contributed by atoms with van der Waals surface area (Å²) in [5, 5.41) is 2.70. The van der Waals surface area contributed by atoms with E-state index in [0.29, 0.717) is 0 Å². The van der Waals surface area contributed by atoms with Gasteiger partial charge in [-0.3, -0.25) is 4.90 Å². The van der Waals surface area contributed by atoms with Crippen molar-refractivity contribution in [1.29, 1.82) is 0 Å². The van der Waals surface area contributed by atoms with Crippen LogP contribution in [0.4, 0.5) is 0 Å². The first-order valence-corrected chi connectivity index (χ1v) is 6.98. The van der Waals surface area contributed by atoms with E-state index < -0.39 is 0 Å². The molecule has 2 heterocycles. The highest BCUT2D eigenvalue weighted by molar-refractivity contribution is 9.10. The van der Waals surface area contributed by atoms with Gasteiger partial charge < -0.3 is 4.74 Å². The summed E-state index contributed by atoms with van der Waals surface area (Å²) >= 11 is 4.85. The normalized spacial score (nSPS) is 17.9. The Balaban J connectivity index is 1.65. The van der Waals surface area contributed by atoms with E-state index in [0.717, 1.165) is 22.9 Å². The minimum atomic E-state index is 0.750. The molecule has 15 heavy (non-hydrogen) atoms. The number of rotatable bonds is 4. The number of ether oxygens (including phenoxy) is 1. The Hall–Kier alpha value is -0.130. The van der Waals surface area contributed by atoms with Gasteiger partial charge in [0.2, 0.25) is 0 Å². The summed E-state index contributed by atoms with van der Waals surface area (Å²) in [5.74, 6) is 0. The average molecular weight is 291 g/mol. The van der Waals surface area contributed by atoms with E-state index in [1.54, 1.807) is 0 Å². The maximum Gasteiger partial charge on any atom is 0.274 e. The minimum absolute atomic E-state index is 0.750. The van der Waals surface area contributed by atoms with Crippen LogP contribution >= 0.6 is 27.3 Å². The van der Waals surface area contributed by atoms with Crippen LogP contribution in [0.5, 0.6) is 5.19 Å². The molecule has 0 saturated carbocycles. The molecule has 1 aliphatic rings. The van der Waals surface area contributed by atoms with Gasteiger partial charge >= 0.3 is 0 Å². The van der Waals surface area contributed by atoms with Crippen molar-refractivity contribution in [3.63, 3.8) is 0 Å². The summed E-state index contributed by atoms with van der Waals surface area (Å²) in [7, 11) is 0. The molecule has 0 spiro atoms. The lowest BCUT2D eigenvalue weighted by molar-refractivity contribution is 0.183. The Kier molecular flexibility index (Phi) is 4.41. The molecular formula is C10H15BrN2OS. The van der Waals surface area contributed by atoms with E-state index in [2.05, 4.69) is 25.8 Å². The van der Waals surface area contributed by atoms with E-state index in [1.165, 1.54) is 43.7 Å². The summed E-state index contributed by atoms with van der Waals surface area (Å²) in [6.07, 6.45) is 4.06. The molecular weight excluding hydrogens is 276 g/mol. The van der Waals surface area contributed by atoms with E-state index in [9.17, 15) is 0 Å². The van der Waals surface area contributed by atoms with Crippen molar-refractivity contribution in [2.45, 2.75) is 19.3 Å². The average Bonchev–Trinajstić information content (AvgIpc) is 2.66. The standard InChI is InChI=1S/C10H15BrN2OS/c11-9-8-15-10(12-9)14-7-6-13-4-2-1-3-5-13/h8H,1-7H2. The number of likely N-dealkylation sites (tertiary alicyclic amines) is 1. The molecule has 1 fully saturated rings. The van der Waals surface area contributed by atoms with Gasteiger partial charge in [-0.05, 0) is 41.9 Å². The highest BCUT2D eigenvalue weighted by Gasteiger charge is 2.09. The minimum Gasteiger partial charge on any atom is -0.469 e. The van der Waals surface area contributed by atoms with Crippen LogP contribution in [-0.2, 0) is 0 Å². The van der Waals surface area contributed by atoms with Crippen molar-refractivity contribution < 1.29 is 4.74 Å². The van der Waals surface area contributed by atoms with Crippen LogP contribution in [0.25, 0.3) is 0 Å². The molecule has 0 amide bonds. The Bertz CT molecular complexity index is 299. The monoisotopic (exact) mass is 290 g/mol. The van der Waals surface area contributed by atoms with Gasteiger partial charge in [0.05, 0.1) is 0 Å². The Labute approximate surface area is 103 Å². The third-order valence-electron chi connectivity index (χ3n) is 2.54. The van der Waals surface area contributed by atoms with Gasteiger partial charge in [0, 0.05) is 11.9 Å².